The summed E-state index contributed by atoms with van der Waals surface area (Å²) in [6.07, 6.45) is 1.55. The fourth-order valence-corrected chi connectivity index (χ4v) is 1.75. The molecule has 0 aliphatic rings. The molecule has 1 atom stereocenters. The molecule has 0 amide bonds. The van der Waals surface area contributed by atoms with Gasteiger partial charge in [-0.2, -0.15) is 0 Å². The molecule has 1 aromatic carbocycles. The summed E-state index contributed by atoms with van der Waals surface area (Å²) >= 11 is 0. The minimum atomic E-state index is -0.268. The predicted molar refractivity (Wildman–Crippen MR) is 63.6 cm³/mol. The van der Waals surface area contributed by atoms with Crippen LogP contribution in [-0.4, -0.2) is 29.7 Å². The molecule has 90 valence electrons. The Morgan fingerprint density at radius 1 is 1.31 bits per heavy atom. The number of benzene rings is 1. The fourth-order valence-electron chi connectivity index (χ4n) is 1.75. The number of halogens is 1. The van der Waals surface area contributed by atoms with E-state index in [-0.39, 0.29) is 11.9 Å². The van der Waals surface area contributed by atoms with Crippen molar-refractivity contribution in [2.24, 2.45) is 0 Å². The molecule has 0 aliphatic carbocycles. The van der Waals surface area contributed by atoms with Gasteiger partial charge < -0.3 is 5.11 Å². The van der Waals surface area contributed by atoms with Crippen molar-refractivity contribution in [3.05, 3.63) is 35.6 Å². The normalized spacial score (nSPS) is 13.1. The van der Waals surface area contributed by atoms with Gasteiger partial charge in [0.15, 0.2) is 0 Å². The van der Waals surface area contributed by atoms with Gasteiger partial charge in [0, 0.05) is 13.1 Å². The lowest BCUT2D eigenvalue weighted by molar-refractivity contribution is 0.114. The van der Waals surface area contributed by atoms with Crippen LogP contribution in [0.15, 0.2) is 24.3 Å². The quantitative estimate of drug-likeness (QED) is 0.803. The van der Waals surface area contributed by atoms with Gasteiger partial charge >= 0.3 is 0 Å². The standard InChI is InChI=1S/C13H20FNO/c1-3-4-13(16)10-15(2)9-11-5-7-12(14)8-6-11/h5-8,13,16H,3-4,9-10H2,1-2H3. The van der Waals surface area contributed by atoms with E-state index in [1.165, 1.54) is 12.1 Å². The zero-order chi connectivity index (χ0) is 12.0. The van der Waals surface area contributed by atoms with Crippen LogP contribution in [0.25, 0.3) is 0 Å². The zero-order valence-electron chi connectivity index (χ0n) is 9.99. The first-order valence-corrected chi connectivity index (χ1v) is 5.73. The number of hydrogen-bond donors (Lipinski definition) is 1. The molecule has 0 heterocycles. The van der Waals surface area contributed by atoms with E-state index >= 15 is 0 Å². The predicted octanol–water partition coefficient (Wildman–Crippen LogP) is 2.42. The van der Waals surface area contributed by atoms with E-state index in [0.717, 1.165) is 24.9 Å². The fraction of sp³-hybridized carbons (Fsp3) is 0.538. The van der Waals surface area contributed by atoms with E-state index in [2.05, 4.69) is 6.92 Å². The van der Waals surface area contributed by atoms with E-state index in [1.54, 1.807) is 12.1 Å². The maximum absolute atomic E-state index is 12.7. The molecular formula is C13H20FNO. The van der Waals surface area contributed by atoms with E-state index in [9.17, 15) is 9.50 Å². The molecule has 16 heavy (non-hydrogen) atoms. The van der Waals surface area contributed by atoms with Crippen LogP contribution in [-0.2, 0) is 6.54 Å². The van der Waals surface area contributed by atoms with Crippen molar-refractivity contribution >= 4 is 0 Å². The Bertz CT molecular complexity index is 299. The Hall–Kier alpha value is -0.930. The molecule has 0 saturated heterocycles. The minimum Gasteiger partial charge on any atom is -0.392 e. The van der Waals surface area contributed by atoms with E-state index in [4.69, 9.17) is 0 Å². The highest BCUT2D eigenvalue weighted by Gasteiger charge is 2.07. The summed E-state index contributed by atoms with van der Waals surface area (Å²) in [5.74, 6) is -0.211. The molecule has 1 unspecified atom stereocenters. The van der Waals surface area contributed by atoms with Crippen LogP contribution in [0.5, 0.6) is 0 Å². The Morgan fingerprint density at radius 2 is 1.94 bits per heavy atom. The number of aliphatic hydroxyl groups excluding tert-OH is 1. The maximum Gasteiger partial charge on any atom is 0.123 e. The van der Waals surface area contributed by atoms with Crippen molar-refractivity contribution in [1.29, 1.82) is 0 Å². The van der Waals surface area contributed by atoms with Crippen LogP contribution in [0, 0.1) is 5.82 Å². The van der Waals surface area contributed by atoms with Crippen LogP contribution in [0.1, 0.15) is 25.3 Å². The first kappa shape index (κ1) is 13.1. The molecule has 0 saturated carbocycles. The lowest BCUT2D eigenvalue weighted by Gasteiger charge is -2.20. The Morgan fingerprint density at radius 3 is 2.50 bits per heavy atom. The zero-order valence-corrected chi connectivity index (χ0v) is 9.99. The van der Waals surface area contributed by atoms with Crippen molar-refractivity contribution in [3.8, 4) is 0 Å². The van der Waals surface area contributed by atoms with Gasteiger partial charge in [0.2, 0.25) is 0 Å². The molecule has 0 aliphatic heterocycles. The molecule has 0 fully saturated rings. The smallest absolute Gasteiger partial charge is 0.123 e. The Kier molecular flexibility index (Phi) is 5.43. The first-order chi connectivity index (χ1) is 7.61. The van der Waals surface area contributed by atoms with Crippen molar-refractivity contribution in [2.45, 2.75) is 32.4 Å². The molecule has 1 N–H and O–H groups in total. The van der Waals surface area contributed by atoms with Gasteiger partial charge in [-0.05, 0) is 31.2 Å². The molecule has 3 heteroatoms. The molecule has 0 bridgehead atoms. The molecule has 1 aromatic rings. The van der Waals surface area contributed by atoms with E-state index in [0.29, 0.717) is 6.54 Å². The molecule has 0 spiro atoms. The average Bonchev–Trinajstić information content (AvgIpc) is 2.21. The van der Waals surface area contributed by atoms with Crippen molar-refractivity contribution in [2.75, 3.05) is 13.6 Å². The highest BCUT2D eigenvalue weighted by atomic mass is 19.1. The molecule has 0 radical (unpaired) electrons. The van der Waals surface area contributed by atoms with Crippen molar-refractivity contribution in [3.63, 3.8) is 0 Å². The van der Waals surface area contributed by atoms with Crippen LogP contribution in [0.2, 0.25) is 0 Å². The molecule has 2 nitrogen and oxygen atoms in total. The number of aliphatic hydroxyl groups is 1. The van der Waals surface area contributed by atoms with E-state index < -0.39 is 0 Å². The van der Waals surface area contributed by atoms with Crippen LogP contribution in [0.3, 0.4) is 0 Å². The largest absolute Gasteiger partial charge is 0.392 e. The van der Waals surface area contributed by atoms with E-state index in [1.807, 2.05) is 11.9 Å². The number of hydrogen-bond acceptors (Lipinski definition) is 2. The third-order valence-corrected chi connectivity index (χ3v) is 2.51. The maximum atomic E-state index is 12.7. The summed E-state index contributed by atoms with van der Waals surface area (Å²) in [6, 6.07) is 6.48. The van der Waals surface area contributed by atoms with Gasteiger partial charge in [-0.25, -0.2) is 4.39 Å². The number of likely N-dealkylation sites (N-methyl/N-ethyl adjacent to an activating group) is 1. The van der Waals surface area contributed by atoms with Crippen molar-refractivity contribution in [1.82, 2.24) is 4.90 Å². The van der Waals surface area contributed by atoms with Crippen LogP contribution < -0.4 is 0 Å². The topological polar surface area (TPSA) is 23.5 Å². The van der Waals surface area contributed by atoms with Crippen LogP contribution in [0.4, 0.5) is 4.39 Å². The Labute approximate surface area is 96.7 Å². The highest BCUT2D eigenvalue weighted by molar-refractivity contribution is 5.15. The summed E-state index contributed by atoms with van der Waals surface area (Å²) in [7, 11) is 1.96. The second-order valence-electron chi connectivity index (χ2n) is 4.27. The molecule has 0 aromatic heterocycles. The van der Waals surface area contributed by atoms with Crippen LogP contribution >= 0.6 is 0 Å². The second kappa shape index (κ2) is 6.61. The summed E-state index contributed by atoms with van der Waals surface area (Å²) in [6.45, 7) is 3.45. The lowest BCUT2D eigenvalue weighted by Crippen LogP contribution is -2.28. The first-order valence-electron chi connectivity index (χ1n) is 5.73. The summed E-state index contributed by atoms with van der Waals surface area (Å²) in [5, 5.41) is 9.64. The van der Waals surface area contributed by atoms with Gasteiger partial charge in [0.25, 0.3) is 0 Å². The second-order valence-corrected chi connectivity index (χ2v) is 4.27. The number of rotatable bonds is 6. The monoisotopic (exact) mass is 225 g/mol. The van der Waals surface area contributed by atoms with Crippen molar-refractivity contribution < 1.29 is 9.50 Å². The number of nitrogens with zero attached hydrogens (tertiary/aromatic N) is 1. The third-order valence-electron chi connectivity index (χ3n) is 2.51. The van der Waals surface area contributed by atoms with Gasteiger partial charge in [-0.15, -0.1) is 0 Å². The van der Waals surface area contributed by atoms with Gasteiger partial charge in [-0.3, -0.25) is 4.90 Å². The highest BCUT2D eigenvalue weighted by Crippen LogP contribution is 2.07. The Balaban J connectivity index is 2.39. The third kappa shape index (κ3) is 4.73. The molecular weight excluding hydrogens is 205 g/mol. The summed E-state index contributed by atoms with van der Waals surface area (Å²) < 4.78 is 12.7. The lowest BCUT2D eigenvalue weighted by atomic mass is 10.2. The summed E-state index contributed by atoms with van der Waals surface area (Å²) in [4.78, 5) is 2.05. The van der Waals surface area contributed by atoms with Gasteiger partial charge in [0.1, 0.15) is 5.82 Å². The SMILES string of the molecule is CCCC(O)CN(C)Cc1ccc(F)cc1. The average molecular weight is 225 g/mol. The van der Waals surface area contributed by atoms with Gasteiger partial charge in [0.05, 0.1) is 6.10 Å². The minimum absolute atomic E-state index is 0.211. The molecule has 1 rings (SSSR count). The summed E-state index contributed by atoms with van der Waals surface area (Å²) in [5.41, 5.74) is 1.06. The van der Waals surface area contributed by atoms with Gasteiger partial charge in [-0.1, -0.05) is 25.5 Å².